The topological polar surface area (TPSA) is 56.5 Å². The fourth-order valence-corrected chi connectivity index (χ4v) is 2.99. The minimum Gasteiger partial charge on any atom is -0.496 e. The van der Waals surface area contributed by atoms with E-state index in [2.05, 4.69) is 26.0 Å². The van der Waals surface area contributed by atoms with Crippen molar-refractivity contribution in [2.24, 2.45) is 0 Å². The molecule has 0 N–H and O–H groups in total. The molecular weight excluding hydrogens is 330 g/mol. The molecule has 2 heterocycles. The van der Waals surface area contributed by atoms with E-state index in [0.717, 1.165) is 10.0 Å². The minimum atomic E-state index is -0.167. The van der Waals surface area contributed by atoms with Crippen LogP contribution < -0.4 is 14.8 Å². The van der Waals surface area contributed by atoms with E-state index in [1.807, 2.05) is 18.2 Å². The highest BCUT2D eigenvalue weighted by Gasteiger charge is 2.07. The summed E-state index contributed by atoms with van der Waals surface area (Å²) in [5.41, 5.74) is 0.665. The van der Waals surface area contributed by atoms with Crippen LogP contribution in [0.5, 0.6) is 5.75 Å². The van der Waals surface area contributed by atoms with E-state index in [1.54, 1.807) is 13.2 Å². The third kappa shape index (κ3) is 2.15. The van der Waals surface area contributed by atoms with Gasteiger partial charge in [-0.2, -0.15) is 9.61 Å². The first-order chi connectivity index (χ1) is 9.19. The molecule has 1 aromatic carbocycles. The Labute approximate surface area is 120 Å². The SMILES string of the molecule is COc1ccc(Br)cc1C=c1sc2ncnn2c1=O. The molecule has 0 aliphatic heterocycles. The lowest BCUT2D eigenvalue weighted by Crippen LogP contribution is -2.23. The second-order valence-corrected chi connectivity index (χ2v) is 5.68. The van der Waals surface area contributed by atoms with Gasteiger partial charge in [0.15, 0.2) is 0 Å². The van der Waals surface area contributed by atoms with E-state index in [9.17, 15) is 4.79 Å². The molecule has 0 fully saturated rings. The van der Waals surface area contributed by atoms with Crippen molar-refractivity contribution in [1.29, 1.82) is 0 Å². The summed E-state index contributed by atoms with van der Waals surface area (Å²) in [7, 11) is 1.60. The highest BCUT2D eigenvalue weighted by Crippen LogP contribution is 2.23. The maximum absolute atomic E-state index is 12.1. The van der Waals surface area contributed by atoms with Gasteiger partial charge in [-0.3, -0.25) is 4.79 Å². The molecule has 0 radical (unpaired) electrons. The van der Waals surface area contributed by atoms with Crippen LogP contribution >= 0.6 is 27.3 Å². The zero-order valence-electron chi connectivity index (χ0n) is 9.83. The number of rotatable bonds is 2. The van der Waals surface area contributed by atoms with Crippen molar-refractivity contribution in [1.82, 2.24) is 14.6 Å². The van der Waals surface area contributed by atoms with Gasteiger partial charge >= 0.3 is 0 Å². The normalized spacial score (nSPS) is 12.2. The van der Waals surface area contributed by atoms with Gasteiger partial charge in [-0.25, -0.2) is 4.98 Å². The predicted molar refractivity (Wildman–Crippen MR) is 76.6 cm³/mol. The van der Waals surface area contributed by atoms with Crippen LogP contribution in [0.4, 0.5) is 0 Å². The van der Waals surface area contributed by atoms with Crippen molar-refractivity contribution in [3.05, 3.63) is 49.4 Å². The van der Waals surface area contributed by atoms with Gasteiger partial charge in [-0.1, -0.05) is 27.3 Å². The molecule has 0 aliphatic rings. The fraction of sp³-hybridized carbons (Fsp3) is 0.0833. The van der Waals surface area contributed by atoms with E-state index >= 15 is 0 Å². The Bertz CT molecular complexity index is 856. The molecule has 19 heavy (non-hydrogen) atoms. The van der Waals surface area contributed by atoms with Crippen LogP contribution in [0.2, 0.25) is 0 Å². The number of nitrogens with zero attached hydrogens (tertiary/aromatic N) is 3. The Morgan fingerprint density at radius 1 is 1.47 bits per heavy atom. The highest BCUT2D eigenvalue weighted by molar-refractivity contribution is 9.10. The smallest absolute Gasteiger partial charge is 0.291 e. The van der Waals surface area contributed by atoms with Crippen LogP contribution in [0, 0.1) is 0 Å². The largest absolute Gasteiger partial charge is 0.496 e. The molecule has 0 bridgehead atoms. The molecule has 2 aromatic heterocycles. The van der Waals surface area contributed by atoms with Crippen LogP contribution in [-0.4, -0.2) is 21.7 Å². The number of benzene rings is 1. The average molecular weight is 338 g/mol. The van der Waals surface area contributed by atoms with Crippen LogP contribution in [0.15, 0.2) is 33.8 Å². The van der Waals surface area contributed by atoms with E-state index in [-0.39, 0.29) is 5.56 Å². The third-order valence-corrected chi connectivity index (χ3v) is 4.07. The van der Waals surface area contributed by atoms with Crippen LogP contribution in [0.25, 0.3) is 11.0 Å². The molecule has 0 aliphatic carbocycles. The van der Waals surface area contributed by atoms with Gasteiger partial charge in [0.2, 0.25) is 4.96 Å². The number of halogens is 1. The monoisotopic (exact) mass is 337 g/mol. The standard InChI is InChI=1S/C12H8BrN3O2S/c1-18-9-3-2-8(13)4-7(9)5-10-11(17)16-12(19-10)14-6-15-16/h2-6H,1H3. The fourth-order valence-electron chi connectivity index (χ4n) is 1.74. The number of ether oxygens (including phenoxy) is 1. The maximum Gasteiger partial charge on any atom is 0.291 e. The molecule has 5 nitrogen and oxygen atoms in total. The molecule has 0 spiro atoms. The van der Waals surface area contributed by atoms with E-state index < -0.39 is 0 Å². The van der Waals surface area contributed by atoms with Gasteiger partial charge in [0.1, 0.15) is 12.1 Å². The minimum absolute atomic E-state index is 0.167. The average Bonchev–Trinajstić information content (AvgIpc) is 2.95. The predicted octanol–water partition coefficient (Wildman–Crippen LogP) is 1.47. The summed E-state index contributed by atoms with van der Waals surface area (Å²) in [6, 6.07) is 5.63. The Morgan fingerprint density at radius 2 is 2.32 bits per heavy atom. The third-order valence-electron chi connectivity index (χ3n) is 2.60. The zero-order valence-corrected chi connectivity index (χ0v) is 12.2. The van der Waals surface area contributed by atoms with Gasteiger partial charge < -0.3 is 4.74 Å². The summed E-state index contributed by atoms with van der Waals surface area (Å²) in [6.07, 6.45) is 3.16. The van der Waals surface area contributed by atoms with Gasteiger partial charge in [0, 0.05) is 10.0 Å². The van der Waals surface area contributed by atoms with Crippen LogP contribution in [0.3, 0.4) is 0 Å². The molecule has 0 atom stereocenters. The first kappa shape index (κ1) is 12.3. The Hall–Kier alpha value is -1.73. The van der Waals surface area contributed by atoms with Crippen molar-refractivity contribution >= 4 is 38.3 Å². The van der Waals surface area contributed by atoms with Crippen molar-refractivity contribution in [2.45, 2.75) is 0 Å². The molecule has 3 rings (SSSR count). The lowest BCUT2D eigenvalue weighted by atomic mass is 10.2. The number of fused-ring (bicyclic) bond motifs is 1. The lowest BCUT2D eigenvalue weighted by Gasteiger charge is -2.04. The van der Waals surface area contributed by atoms with Crippen molar-refractivity contribution in [3.63, 3.8) is 0 Å². The van der Waals surface area contributed by atoms with Gasteiger partial charge in [-0.15, -0.1) is 0 Å². The molecule has 0 saturated carbocycles. The molecule has 96 valence electrons. The Morgan fingerprint density at radius 3 is 3.05 bits per heavy atom. The quantitative estimate of drug-likeness (QED) is 0.710. The van der Waals surface area contributed by atoms with Gasteiger partial charge in [-0.05, 0) is 24.3 Å². The van der Waals surface area contributed by atoms with E-state index in [4.69, 9.17) is 4.74 Å². The molecule has 7 heteroatoms. The molecule has 0 unspecified atom stereocenters. The van der Waals surface area contributed by atoms with Crippen LogP contribution in [0.1, 0.15) is 5.56 Å². The van der Waals surface area contributed by atoms with E-state index in [1.165, 1.54) is 22.2 Å². The summed E-state index contributed by atoms with van der Waals surface area (Å²) in [4.78, 5) is 16.7. The summed E-state index contributed by atoms with van der Waals surface area (Å²) >= 11 is 4.71. The lowest BCUT2D eigenvalue weighted by molar-refractivity contribution is 0.414. The van der Waals surface area contributed by atoms with E-state index in [0.29, 0.717) is 15.2 Å². The summed E-state index contributed by atoms with van der Waals surface area (Å²) in [5, 5.41) is 3.88. The molecule has 0 saturated heterocycles. The summed E-state index contributed by atoms with van der Waals surface area (Å²) < 4.78 is 8.07. The second kappa shape index (κ2) is 4.75. The number of methoxy groups -OCH3 is 1. The van der Waals surface area contributed by atoms with Gasteiger partial charge in [0.25, 0.3) is 5.56 Å². The summed E-state index contributed by atoms with van der Waals surface area (Å²) in [5.74, 6) is 0.710. The molecule has 0 amide bonds. The van der Waals surface area contributed by atoms with Crippen molar-refractivity contribution < 1.29 is 4.74 Å². The number of hydrogen-bond donors (Lipinski definition) is 0. The Kier molecular flexibility index (Phi) is 3.08. The maximum atomic E-state index is 12.1. The summed E-state index contributed by atoms with van der Waals surface area (Å²) in [6.45, 7) is 0. The number of aromatic nitrogens is 3. The molecule has 3 aromatic rings. The zero-order chi connectivity index (χ0) is 13.4. The number of hydrogen-bond acceptors (Lipinski definition) is 5. The first-order valence-electron chi connectivity index (χ1n) is 5.37. The Balaban J connectivity index is 2.25. The highest BCUT2D eigenvalue weighted by atomic mass is 79.9. The van der Waals surface area contributed by atoms with Crippen LogP contribution in [-0.2, 0) is 0 Å². The first-order valence-corrected chi connectivity index (χ1v) is 6.98. The van der Waals surface area contributed by atoms with Crippen molar-refractivity contribution in [2.75, 3.05) is 7.11 Å². The number of thiazole rings is 1. The molecular formula is C12H8BrN3O2S. The second-order valence-electron chi connectivity index (χ2n) is 3.76. The van der Waals surface area contributed by atoms with Gasteiger partial charge in [0.05, 0.1) is 11.6 Å². The van der Waals surface area contributed by atoms with Crippen molar-refractivity contribution in [3.8, 4) is 5.75 Å².